The molecule has 12 nitrogen and oxygen atoms in total. The van der Waals surface area contributed by atoms with Gasteiger partial charge in [0.05, 0.1) is 28.4 Å². The Morgan fingerprint density at radius 2 is 1.89 bits per heavy atom. The molecule has 4 aliphatic heterocycles. The van der Waals surface area contributed by atoms with E-state index in [9.17, 15) is 9.59 Å². The van der Waals surface area contributed by atoms with Crippen LogP contribution in [0.3, 0.4) is 0 Å². The maximum Gasteiger partial charge on any atom is 0.255 e. The molecule has 280 valence electrons. The number of piperidine rings is 1. The van der Waals surface area contributed by atoms with E-state index < -0.39 is 0 Å². The zero-order chi connectivity index (χ0) is 37.8. The predicted octanol–water partition coefficient (Wildman–Crippen LogP) is 5.53. The van der Waals surface area contributed by atoms with E-state index in [0.29, 0.717) is 36.1 Å². The highest BCUT2D eigenvalue weighted by Crippen LogP contribution is 2.39. The Bertz CT molecular complexity index is 2410. The minimum atomic E-state index is -0.387. The molecule has 2 saturated heterocycles. The number of rotatable bonds is 8. The number of halogens is 1. The van der Waals surface area contributed by atoms with Crippen LogP contribution in [0.25, 0.3) is 5.00 Å². The number of thiophene rings is 1. The molecule has 0 spiro atoms. The number of aliphatic imine (C=N–C) groups is 1. The summed E-state index contributed by atoms with van der Waals surface area (Å²) in [6.07, 6.45) is 6.42. The van der Waals surface area contributed by atoms with Crippen LogP contribution in [0.15, 0.2) is 59.9 Å². The molecule has 2 amide bonds. The van der Waals surface area contributed by atoms with Gasteiger partial charge in [0, 0.05) is 78.4 Å². The number of likely N-dealkylation sites (tertiary alicyclic amines) is 1. The quantitative estimate of drug-likeness (QED) is 0.199. The number of benzene rings is 2. The van der Waals surface area contributed by atoms with Crippen LogP contribution < -0.4 is 10.6 Å². The molecule has 0 aliphatic carbocycles. The number of aryl methyl sites for hydroxylation is 2. The molecule has 9 rings (SSSR count). The summed E-state index contributed by atoms with van der Waals surface area (Å²) in [4.78, 5) is 36.0. The van der Waals surface area contributed by atoms with Crippen LogP contribution in [0.5, 0.6) is 0 Å². The lowest BCUT2D eigenvalue weighted by Gasteiger charge is -2.40. The van der Waals surface area contributed by atoms with Crippen molar-refractivity contribution in [2.24, 2.45) is 4.99 Å². The average Bonchev–Trinajstić information content (AvgIpc) is 3.93. The first-order valence-electron chi connectivity index (χ1n) is 18.9. The fourth-order valence-corrected chi connectivity index (χ4v) is 9.44. The molecular formula is C41H41ClN10O2S. The molecule has 0 radical (unpaired) electrons. The van der Waals surface area contributed by atoms with Gasteiger partial charge < -0.3 is 15.5 Å². The molecule has 3 aromatic heterocycles. The van der Waals surface area contributed by atoms with Crippen molar-refractivity contribution in [3.8, 4) is 16.8 Å². The van der Waals surface area contributed by atoms with Crippen LogP contribution >= 0.6 is 22.9 Å². The molecule has 55 heavy (non-hydrogen) atoms. The van der Waals surface area contributed by atoms with Crippen molar-refractivity contribution in [2.45, 2.75) is 71.2 Å². The Morgan fingerprint density at radius 1 is 1.05 bits per heavy atom. The Balaban J connectivity index is 0.817. The molecule has 14 heteroatoms. The molecular weight excluding hydrogens is 732 g/mol. The van der Waals surface area contributed by atoms with Crippen molar-refractivity contribution in [1.82, 2.24) is 39.7 Å². The Labute approximate surface area is 328 Å². The second-order valence-corrected chi connectivity index (χ2v) is 16.2. The first-order chi connectivity index (χ1) is 26.7. The topological polar surface area (TPSA) is 126 Å². The van der Waals surface area contributed by atoms with Gasteiger partial charge >= 0.3 is 0 Å². The van der Waals surface area contributed by atoms with Crippen LogP contribution in [0.2, 0.25) is 5.02 Å². The van der Waals surface area contributed by atoms with Gasteiger partial charge in [0.15, 0.2) is 5.82 Å². The number of nitrogens with one attached hydrogen (secondary N) is 2. The highest BCUT2D eigenvalue weighted by Gasteiger charge is 2.39. The molecule has 7 heterocycles. The van der Waals surface area contributed by atoms with E-state index >= 15 is 0 Å². The van der Waals surface area contributed by atoms with E-state index in [0.717, 1.165) is 99.8 Å². The molecule has 0 saturated carbocycles. The molecule has 2 atom stereocenters. The lowest BCUT2D eigenvalue weighted by atomic mass is 9.99. The molecule has 5 aromatic rings. The van der Waals surface area contributed by atoms with Gasteiger partial charge in [-0.3, -0.25) is 28.7 Å². The van der Waals surface area contributed by atoms with Crippen LogP contribution in [0.1, 0.15) is 86.9 Å². The van der Waals surface area contributed by atoms with Crippen molar-refractivity contribution in [1.29, 1.82) is 0 Å². The second kappa shape index (κ2) is 14.4. The third kappa shape index (κ3) is 6.62. The minimum Gasteiger partial charge on any atom is -0.379 e. The van der Waals surface area contributed by atoms with Crippen LogP contribution in [-0.4, -0.2) is 90.1 Å². The molecule has 0 bridgehead atoms. The number of amides is 2. The summed E-state index contributed by atoms with van der Waals surface area (Å²) in [6.45, 7) is 10.9. The lowest BCUT2D eigenvalue weighted by molar-refractivity contribution is -0.127. The average molecular weight is 773 g/mol. The van der Waals surface area contributed by atoms with Crippen molar-refractivity contribution in [2.75, 3.05) is 31.5 Å². The fourth-order valence-electron chi connectivity index (χ4n) is 8.09. The highest BCUT2D eigenvalue weighted by molar-refractivity contribution is 7.15. The standard InChI is InChI=1S/C41H41ClN10O2S/c1-24-35(55-41-36(24)37(28-11-13-29(42)14-12-28)45-25(2)38-48-47-26(3)52(38)41)15-10-27-19-44-50(20-27)18-6-17-49-21-30(22-49)46-33-8-4-7-31-32(33)23-51(40(31)54)34-9-5-16-43-39(34)53/h4,7-8,11-14,19-20,25,30,34,46H,5-6,9,16-18,21-23H2,1-3H3,(H,43,53)/t25-,34?/m0/s1. The van der Waals surface area contributed by atoms with Gasteiger partial charge in [-0.1, -0.05) is 41.6 Å². The number of hydrogen-bond acceptors (Lipinski definition) is 9. The number of fused-ring (bicyclic) bond motifs is 4. The van der Waals surface area contributed by atoms with Crippen molar-refractivity contribution in [3.05, 3.63) is 110 Å². The third-order valence-corrected chi connectivity index (χ3v) is 12.4. The Morgan fingerprint density at radius 3 is 2.71 bits per heavy atom. The number of hydrogen-bond donors (Lipinski definition) is 2. The first-order valence-corrected chi connectivity index (χ1v) is 20.0. The van der Waals surface area contributed by atoms with Gasteiger partial charge in [0.1, 0.15) is 22.9 Å². The van der Waals surface area contributed by atoms with Gasteiger partial charge in [-0.15, -0.1) is 21.5 Å². The number of aromatic nitrogens is 5. The molecule has 1 unspecified atom stereocenters. The zero-order valence-electron chi connectivity index (χ0n) is 31.0. The summed E-state index contributed by atoms with van der Waals surface area (Å²) in [6, 6.07) is 13.4. The van der Waals surface area contributed by atoms with E-state index in [1.54, 1.807) is 16.2 Å². The first kappa shape index (κ1) is 35.4. The van der Waals surface area contributed by atoms with Crippen LogP contribution in [0.4, 0.5) is 5.69 Å². The van der Waals surface area contributed by atoms with Gasteiger partial charge in [0.25, 0.3) is 5.91 Å². The fraction of sp³-hybridized carbons (Fsp3) is 0.366. The zero-order valence-corrected chi connectivity index (χ0v) is 32.5. The van der Waals surface area contributed by atoms with Gasteiger partial charge in [0.2, 0.25) is 5.91 Å². The number of anilines is 1. The van der Waals surface area contributed by atoms with Crippen LogP contribution in [0, 0.1) is 25.7 Å². The predicted molar refractivity (Wildman–Crippen MR) is 213 cm³/mol. The van der Waals surface area contributed by atoms with E-state index in [2.05, 4.69) is 54.2 Å². The van der Waals surface area contributed by atoms with Crippen molar-refractivity contribution >= 4 is 46.2 Å². The van der Waals surface area contributed by atoms with E-state index in [4.69, 9.17) is 16.6 Å². The number of carbonyl (C=O) groups excluding carboxylic acids is 2. The maximum atomic E-state index is 13.2. The smallest absolute Gasteiger partial charge is 0.255 e. The summed E-state index contributed by atoms with van der Waals surface area (Å²) in [7, 11) is 0. The van der Waals surface area contributed by atoms with Crippen molar-refractivity contribution in [3.63, 3.8) is 0 Å². The SMILES string of the molecule is Cc1c(C#Cc2cnn(CCCN3CC(Nc4cccc5c4CN(C4CCCNC4=O)C5=O)C3)c2)sc2c1C(c1ccc(Cl)cc1)=N[C@@H](C)c1nnc(C)n1-2. The second-order valence-electron chi connectivity index (χ2n) is 14.7. The van der Waals surface area contributed by atoms with E-state index in [1.165, 1.54) is 0 Å². The molecule has 4 aliphatic rings. The Kier molecular flexibility index (Phi) is 9.28. The monoisotopic (exact) mass is 772 g/mol. The number of carbonyl (C=O) groups is 2. The third-order valence-electron chi connectivity index (χ3n) is 11.0. The minimum absolute atomic E-state index is 0.0455. The summed E-state index contributed by atoms with van der Waals surface area (Å²) in [5.74, 6) is 8.34. The largest absolute Gasteiger partial charge is 0.379 e. The molecule has 2 aromatic carbocycles. The summed E-state index contributed by atoms with van der Waals surface area (Å²) < 4.78 is 4.09. The Hall–Kier alpha value is -5.29. The normalized spacial score (nSPS) is 19.4. The highest BCUT2D eigenvalue weighted by atomic mass is 35.5. The summed E-state index contributed by atoms with van der Waals surface area (Å²) in [5.41, 5.74) is 7.59. The van der Waals surface area contributed by atoms with Gasteiger partial charge in [-0.05, 0) is 69.9 Å². The molecule has 2 fully saturated rings. The lowest BCUT2D eigenvalue weighted by Crippen LogP contribution is -2.55. The summed E-state index contributed by atoms with van der Waals surface area (Å²) in [5, 5.41) is 21.8. The van der Waals surface area contributed by atoms with Crippen molar-refractivity contribution < 1.29 is 9.59 Å². The summed E-state index contributed by atoms with van der Waals surface area (Å²) >= 11 is 7.88. The number of nitrogens with zero attached hydrogens (tertiary/aromatic N) is 8. The van der Waals surface area contributed by atoms with E-state index in [-0.39, 0.29) is 23.9 Å². The van der Waals surface area contributed by atoms with Crippen LogP contribution in [-0.2, 0) is 17.9 Å². The van der Waals surface area contributed by atoms with E-state index in [1.807, 2.05) is 73.4 Å². The van der Waals surface area contributed by atoms with Gasteiger partial charge in [-0.2, -0.15) is 5.10 Å². The maximum absolute atomic E-state index is 13.2. The van der Waals surface area contributed by atoms with Gasteiger partial charge in [-0.25, -0.2) is 0 Å². The molecule has 2 N–H and O–H groups in total.